The fraction of sp³-hybridized carbons (Fsp3) is 0.105. The Morgan fingerprint density at radius 2 is 1.52 bits per heavy atom. The first-order chi connectivity index (χ1) is 11.3. The third kappa shape index (κ3) is 4.23. The van der Waals surface area contributed by atoms with Crippen molar-refractivity contribution in [1.29, 1.82) is 0 Å². The molecule has 0 aliphatic carbocycles. The number of hydrogen-bond acceptors (Lipinski definition) is 4. The van der Waals surface area contributed by atoms with Crippen molar-refractivity contribution in [2.24, 2.45) is 0 Å². The van der Waals surface area contributed by atoms with E-state index in [0.717, 1.165) is 12.2 Å². The summed E-state index contributed by atoms with van der Waals surface area (Å²) in [7, 11) is 0. The first kappa shape index (κ1) is 14.9. The highest BCUT2D eigenvalue weighted by Gasteiger charge is 2.06. The molecule has 0 fully saturated rings. The average Bonchev–Trinajstić information content (AvgIpc) is 2.59. The summed E-state index contributed by atoms with van der Waals surface area (Å²) in [5, 5.41) is 0. The van der Waals surface area contributed by atoms with Crippen LogP contribution in [0.3, 0.4) is 0 Å². The molecule has 3 aromatic rings. The molecule has 0 saturated heterocycles. The predicted octanol–water partition coefficient (Wildman–Crippen LogP) is 4.08. The smallest absolute Gasteiger partial charge is 0.240 e. The van der Waals surface area contributed by atoms with Crippen LogP contribution in [0.2, 0.25) is 0 Å². The fourth-order valence-electron chi connectivity index (χ4n) is 2.13. The Morgan fingerprint density at radius 1 is 0.826 bits per heavy atom. The Balaban J connectivity index is 1.63. The molecule has 2 N–H and O–H groups in total. The van der Waals surface area contributed by atoms with Crippen molar-refractivity contribution in [3.63, 3.8) is 0 Å². The maximum absolute atomic E-state index is 5.92. The zero-order chi connectivity index (χ0) is 15.9. The molecule has 0 radical (unpaired) electrons. The minimum atomic E-state index is 0.398. The van der Waals surface area contributed by atoms with Gasteiger partial charge < -0.3 is 15.2 Å². The lowest BCUT2D eigenvalue weighted by Crippen LogP contribution is -2.05. The van der Waals surface area contributed by atoms with Gasteiger partial charge in [0.05, 0.1) is 12.3 Å². The Labute approximate surface area is 135 Å². The van der Waals surface area contributed by atoms with Gasteiger partial charge in [-0.1, -0.05) is 48.5 Å². The zero-order valence-electron chi connectivity index (χ0n) is 12.7. The second-order valence-corrected chi connectivity index (χ2v) is 5.04. The molecule has 0 aliphatic rings. The van der Waals surface area contributed by atoms with Gasteiger partial charge in [0.25, 0.3) is 0 Å². The first-order valence-corrected chi connectivity index (χ1v) is 7.47. The fourth-order valence-corrected chi connectivity index (χ4v) is 2.13. The Hall–Kier alpha value is -3.01. The lowest BCUT2D eigenvalue weighted by Gasteiger charge is -2.10. The summed E-state index contributed by atoms with van der Waals surface area (Å²) in [6.07, 6.45) is 0.797. The first-order valence-electron chi connectivity index (χ1n) is 7.47. The van der Waals surface area contributed by atoms with Crippen LogP contribution in [0.1, 0.15) is 5.56 Å². The predicted molar refractivity (Wildman–Crippen MR) is 90.8 cm³/mol. The van der Waals surface area contributed by atoms with Crippen molar-refractivity contribution in [2.75, 3.05) is 12.3 Å². The largest absolute Gasteiger partial charge is 0.476 e. The second-order valence-electron chi connectivity index (χ2n) is 5.04. The van der Waals surface area contributed by atoms with Gasteiger partial charge in [-0.3, -0.25) is 0 Å². The molecule has 0 unspecified atom stereocenters. The molecular weight excluding hydrogens is 288 g/mol. The molecule has 0 amide bonds. The molecule has 1 aromatic heterocycles. The molecule has 4 nitrogen and oxygen atoms in total. The Bertz CT molecular complexity index is 746. The van der Waals surface area contributed by atoms with Crippen molar-refractivity contribution < 1.29 is 9.47 Å². The van der Waals surface area contributed by atoms with Gasteiger partial charge in [0.1, 0.15) is 5.75 Å². The molecule has 0 saturated carbocycles. The van der Waals surface area contributed by atoms with E-state index >= 15 is 0 Å². The quantitative estimate of drug-likeness (QED) is 0.745. The third-order valence-electron chi connectivity index (χ3n) is 3.30. The number of anilines is 1. The number of nitrogens with two attached hydrogens (primary N) is 1. The molecule has 2 aromatic carbocycles. The normalized spacial score (nSPS) is 10.3. The SMILES string of the molecule is Nc1ccc(Oc2ccccc2)nc1OCCc1ccccc1. The summed E-state index contributed by atoms with van der Waals surface area (Å²) < 4.78 is 11.4. The number of pyridine rings is 1. The van der Waals surface area contributed by atoms with E-state index in [1.54, 1.807) is 12.1 Å². The van der Waals surface area contributed by atoms with E-state index in [-0.39, 0.29) is 0 Å². The molecule has 1 heterocycles. The van der Waals surface area contributed by atoms with Crippen LogP contribution in [0.4, 0.5) is 5.69 Å². The van der Waals surface area contributed by atoms with Crippen molar-refractivity contribution in [3.8, 4) is 17.5 Å². The third-order valence-corrected chi connectivity index (χ3v) is 3.30. The monoisotopic (exact) mass is 306 g/mol. The molecular formula is C19H18N2O2. The Morgan fingerprint density at radius 3 is 2.26 bits per heavy atom. The highest BCUT2D eigenvalue weighted by molar-refractivity contribution is 5.49. The van der Waals surface area contributed by atoms with Crippen LogP contribution < -0.4 is 15.2 Å². The molecule has 23 heavy (non-hydrogen) atoms. The van der Waals surface area contributed by atoms with Gasteiger partial charge in [-0.05, 0) is 23.8 Å². The number of para-hydroxylation sites is 1. The highest BCUT2D eigenvalue weighted by atomic mass is 16.5. The van der Waals surface area contributed by atoms with Gasteiger partial charge in [0.2, 0.25) is 11.8 Å². The lowest BCUT2D eigenvalue weighted by molar-refractivity contribution is 0.306. The van der Waals surface area contributed by atoms with E-state index < -0.39 is 0 Å². The van der Waals surface area contributed by atoms with Gasteiger partial charge in [-0.25, -0.2) is 0 Å². The van der Waals surface area contributed by atoms with Crippen LogP contribution in [-0.2, 0) is 6.42 Å². The number of hydrogen-bond donors (Lipinski definition) is 1. The van der Waals surface area contributed by atoms with Crippen LogP contribution in [-0.4, -0.2) is 11.6 Å². The van der Waals surface area contributed by atoms with E-state index in [1.165, 1.54) is 5.56 Å². The van der Waals surface area contributed by atoms with Crippen molar-refractivity contribution in [1.82, 2.24) is 4.98 Å². The molecule has 0 atom stereocenters. The summed E-state index contributed by atoms with van der Waals surface area (Å²) in [4.78, 5) is 4.33. The summed E-state index contributed by atoms with van der Waals surface area (Å²) in [6.45, 7) is 0.510. The topological polar surface area (TPSA) is 57.4 Å². The summed E-state index contributed by atoms with van der Waals surface area (Å²) >= 11 is 0. The second kappa shape index (κ2) is 7.31. The van der Waals surface area contributed by atoms with Crippen LogP contribution >= 0.6 is 0 Å². The van der Waals surface area contributed by atoms with Gasteiger partial charge >= 0.3 is 0 Å². The van der Waals surface area contributed by atoms with Crippen molar-refractivity contribution in [3.05, 3.63) is 78.4 Å². The molecule has 0 spiro atoms. The molecule has 116 valence electrons. The molecule has 3 rings (SSSR count). The highest BCUT2D eigenvalue weighted by Crippen LogP contribution is 2.25. The number of rotatable bonds is 6. The molecule has 0 aliphatic heterocycles. The lowest BCUT2D eigenvalue weighted by atomic mass is 10.2. The minimum absolute atomic E-state index is 0.398. The number of benzene rings is 2. The van der Waals surface area contributed by atoms with Crippen LogP contribution in [0.5, 0.6) is 17.5 Å². The van der Waals surface area contributed by atoms with E-state index in [9.17, 15) is 0 Å². The number of nitrogen functional groups attached to an aromatic ring is 1. The van der Waals surface area contributed by atoms with E-state index in [2.05, 4.69) is 17.1 Å². The van der Waals surface area contributed by atoms with E-state index in [4.69, 9.17) is 15.2 Å². The number of nitrogens with zero attached hydrogens (tertiary/aromatic N) is 1. The average molecular weight is 306 g/mol. The number of aromatic nitrogens is 1. The summed E-state index contributed by atoms with van der Waals surface area (Å²) in [6, 6.07) is 23.1. The van der Waals surface area contributed by atoms with Crippen LogP contribution in [0.25, 0.3) is 0 Å². The zero-order valence-corrected chi connectivity index (χ0v) is 12.7. The van der Waals surface area contributed by atoms with Gasteiger partial charge in [-0.15, -0.1) is 0 Å². The van der Waals surface area contributed by atoms with Gasteiger partial charge in [0, 0.05) is 12.5 Å². The van der Waals surface area contributed by atoms with Gasteiger partial charge in [-0.2, -0.15) is 4.98 Å². The standard InChI is InChI=1S/C19H18N2O2/c20-17-11-12-18(23-16-9-5-2-6-10-16)21-19(17)22-14-13-15-7-3-1-4-8-15/h1-12H,13-14,20H2. The van der Waals surface area contributed by atoms with Gasteiger partial charge in [0.15, 0.2) is 0 Å². The molecule has 4 heteroatoms. The maximum Gasteiger partial charge on any atom is 0.240 e. The van der Waals surface area contributed by atoms with Crippen molar-refractivity contribution >= 4 is 5.69 Å². The summed E-state index contributed by atoms with van der Waals surface area (Å²) in [5.41, 5.74) is 7.63. The Kier molecular flexibility index (Phi) is 4.74. The minimum Gasteiger partial charge on any atom is -0.476 e. The van der Waals surface area contributed by atoms with Crippen LogP contribution in [0, 0.1) is 0 Å². The van der Waals surface area contributed by atoms with Crippen molar-refractivity contribution in [2.45, 2.75) is 6.42 Å². The van der Waals surface area contributed by atoms with Crippen LogP contribution in [0.15, 0.2) is 72.8 Å². The van der Waals surface area contributed by atoms with E-state index in [1.807, 2.05) is 48.5 Å². The summed E-state index contributed by atoms with van der Waals surface area (Å²) in [5.74, 6) is 1.58. The maximum atomic E-state index is 5.92. The van der Waals surface area contributed by atoms with E-state index in [0.29, 0.717) is 24.1 Å². The molecule has 0 bridgehead atoms. The number of ether oxygens (including phenoxy) is 2.